The largest absolute Gasteiger partial charge is 0.433 e. The van der Waals surface area contributed by atoms with E-state index in [2.05, 4.69) is 20.4 Å². The molecule has 0 saturated carbocycles. The van der Waals surface area contributed by atoms with Crippen molar-refractivity contribution < 1.29 is 40.6 Å². The van der Waals surface area contributed by atoms with Crippen molar-refractivity contribution in [3.63, 3.8) is 0 Å². The Balaban J connectivity index is 1.81. The summed E-state index contributed by atoms with van der Waals surface area (Å²) in [4.78, 5) is 12.4. The number of rotatable bonds is 7. The molecule has 182 valence electrons. The number of hydrogen-bond acceptors (Lipinski definition) is 7. The van der Waals surface area contributed by atoms with Crippen LogP contribution in [0.5, 0.6) is 0 Å². The molecule has 2 aromatic rings. The van der Waals surface area contributed by atoms with Crippen LogP contribution in [0, 0.1) is 0 Å². The number of nitrogens with zero attached hydrogens (tertiary/aromatic N) is 7. The van der Waals surface area contributed by atoms with Crippen molar-refractivity contribution >= 4 is 23.4 Å². The lowest BCUT2D eigenvalue weighted by Crippen LogP contribution is -2.52. The first-order valence-electron chi connectivity index (χ1n) is 9.16. The van der Waals surface area contributed by atoms with Gasteiger partial charge in [-0.2, -0.15) is 28.4 Å². The third-order valence-corrected chi connectivity index (χ3v) is 5.58. The second-order valence-electron chi connectivity index (χ2n) is 6.83. The number of thioether (sulfide) groups is 1. The summed E-state index contributed by atoms with van der Waals surface area (Å²) in [6.07, 6.45) is -12.7. The molecule has 2 aromatic heterocycles. The first-order chi connectivity index (χ1) is 15.3. The Hall–Kier alpha value is -2.69. The molecular weight excluding hydrogens is 487 g/mol. The minimum absolute atomic E-state index is 0.0258. The van der Waals surface area contributed by atoms with Crippen LogP contribution in [0.3, 0.4) is 0 Å². The van der Waals surface area contributed by atoms with Gasteiger partial charge in [0.05, 0.1) is 5.75 Å². The van der Waals surface area contributed by atoms with E-state index in [1.807, 2.05) is 0 Å². The van der Waals surface area contributed by atoms with Crippen LogP contribution in [0.4, 0.5) is 30.7 Å². The van der Waals surface area contributed by atoms with Crippen LogP contribution in [-0.4, -0.2) is 70.6 Å². The molecule has 1 amide bonds. The zero-order valence-corrected chi connectivity index (χ0v) is 17.7. The van der Waals surface area contributed by atoms with Gasteiger partial charge in [-0.3, -0.25) is 9.48 Å². The summed E-state index contributed by atoms with van der Waals surface area (Å²) in [6, 6.07) is 0.767. The predicted octanol–water partition coefficient (Wildman–Crippen LogP) is 2.62. The average molecular weight is 503 g/mol. The summed E-state index contributed by atoms with van der Waals surface area (Å²) in [7, 11) is 1.10. The van der Waals surface area contributed by atoms with Gasteiger partial charge in [-0.15, -0.1) is 10.2 Å². The standard InChI is InChI=1S/C16H16F7N7O2S/c1-3-29-12(7-4-9(16(21,22)23)28(2)26-7)24-25-14(29)33-6-10(31)30-15(32,13(19)20)5-8(27-30)11(17)18/h4,11,13,32H,3,5-6H2,1-2H3/t15-/m1/s1. The molecule has 1 N–H and O–H groups in total. The third-order valence-electron chi connectivity index (χ3n) is 4.63. The molecule has 3 rings (SSSR count). The van der Waals surface area contributed by atoms with Crippen molar-refractivity contribution in [3.05, 3.63) is 11.8 Å². The average Bonchev–Trinajstić information content (AvgIpc) is 3.40. The van der Waals surface area contributed by atoms with E-state index < -0.39 is 54.2 Å². The van der Waals surface area contributed by atoms with Crippen molar-refractivity contribution in [1.82, 2.24) is 29.6 Å². The summed E-state index contributed by atoms with van der Waals surface area (Å²) in [5.74, 6) is -1.90. The molecule has 0 spiro atoms. The maximum atomic E-state index is 13.3. The third kappa shape index (κ3) is 4.68. The van der Waals surface area contributed by atoms with Gasteiger partial charge in [-0.25, -0.2) is 17.6 Å². The number of alkyl halides is 7. The summed E-state index contributed by atoms with van der Waals surface area (Å²) in [6.45, 7) is 1.76. The van der Waals surface area contributed by atoms with Gasteiger partial charge in [-0.05, 0) is 13.0 Å². The number of carbonyl (C=O) groups excluding carboxylic acids is 1. The number of hydrogen-bond donors (Lipinski definition) is 1. The molecule has 33 heavy (non-hydrogen) atoms. The van der Waals surface area contributed by atoms with E-state index in [1.165, 1.54) is 4.57 Å². The number of hydrazone groups is 1. The molecule has 1 aliphatic rings. The fraction of sp³-hybridized carbons (Fsp3) is 0.562. The molecule has 1 atom stereocenters. The van der Waals surface area contributed by atoms with Gasteiger partial charge in [0.25, 0.3) is 18.8 Å². The second kappa shape index (κ2) is 8.92. The molecule has 0 fully saturated rings. The number of aliphatic hydroxyl groups is 1. The lowest BCUT2D eigenvalue weighted by Gasteiger charge is -2.29. The molecule has 1 aliphatic heterocycles. The highest BCUT2D eigenvalue weighted by molar-refractivity contribution is 7.99. The van der Waals surface area contributed by atoms with Gasteiger partial charge in [0.1, 0.15) is 17.1 Å². The first-order valence-corrected chi connectivity index (χ1v) is 10.1. The summed E-state index contributed by atoms with van der Waals surface area (Å²) in [5.41, 5.74) is -5.45. The van der Waals surface area contributed by atoms with Gasteiger partial charge in [-0.1, -0.05) is 11.8 Å². The minimum atomic E-state index is -4.66. The Morgan fingerprint density at radius 3 is 2.45 bits per heavy atom. The molecule has 0 unspecified atom stereocenters. The zero-order valence-electron chi connectivity index (χ0n) is 16.9. The van der Waals surface area contributed by atoms with E-state index in [0.717, 1.165) is 13.1 Å². The van der Waals surface area contributed by atoms with Crippen LogP contribution in [0.15, 0.2) is 16.3 Å². The number of carbonyl (C=O) groups is 1. The molecule has 9 nitrogen and oxygen atoms in total. The Morgan fingerprint density at radius 2 is 1.94 bits per heavy atom. The monoisotopic (exact) mass is 503 g/mol. The van der Waals surface area contributed by atoms with Crippen LogP contribution in [-0.2, 0) is 24.6 Å². The minimum Gasteiger partial charge on any atom is -0.364 e. The van der Waals surface area contributed by atoms with Crippen LogP contribution in [0.1, 0.15) is 19.0 Å². The molecule has 17 heteroatoms. The second-order valence-corrected chi connectivity index (χ2v) is 7.77. The van der Waals surface area contributed by atoms with Crippen LogP contribution in [0.25, 0.3) is 11.5 Å². The van der Waals surface area contributed by atoms with Gasteiger partial charge >= 0.3 is 6.18 Å². The SMILES string of the molecule is CCn1c(SCC(=O)N2N=C(C(F)F)C[C@@]2(O)C(F)F)nnc1-c1cc(C(F)(F)F)n(C)n1. The molecular formula is C16H16F7N7O2S. The van der Waals surface area contributed by atoms with Crippen molar-refractivity contribution in [2.75, 3.05) is 5.75 Å². The van der Waals surface area contributed by atoms with Crippen molar-refractivity contribution in [1.29, 1.82) is 0 Å². The molecule has 3 heterocycles. The van der Waals surface area contributed by atoms with Crippen LogP contribution < -0.4 is 0 Å². The Morgan fingerprint density at radius 1 is 1.27 bits per heavy atom. The highest BCUT2D eigenvalue weighted by Gasteiger charge is 2.53. The van der Waals surface area contributed by atoms with Gasteiger partial charge in [0.15, 0.2) is 11.0 Å². The number of halogens is 7. The van der Waals surface area contributed by atoms with E-state index in [0.29, 0.717) is 16.4 Å². The van der Waals surface area contributed by atoms with E-state index in [4.69, 9.17) is 0 Å². The Bertz CT molecular complexity index is 1070. The van der Waals surface area contributed by atoms with E-state index in [-0.39, 0.29) is 28.2 Å². The highest BCUT2D eigenvalue weighted by atomic mass is 32.2. The lowest BCUT2D eigenvalue weighted by molar-refractivity contribution is -0.190. The maximum Gasteiger partial charge on any atom is 0.433 e. The molecule has 0 aliphatic carbocycles. The normalized spacial score (nSPS) is 19.2. The first kappa shape index (κ1) is 24.9. The van der Waals surface area contributed by atoms with Crippen LogP contribution in [0.2, 0.25) is 0 Å². The zero-order chi connectivity index (χ0) is 24.7. The predicted molar refractivity (Wildman–Crippen MR) is 99.5 cm³/mol. The smallest absolute Gasteiger partial charge is 0.364 e. The topological polar surface area (TPSA) is 101 Å². The van der Waals surface area contributed by atoms with Crippen LogP contribution >= 0.6 is 11.8 Å². The fourth-order valence-corrected chi connectivity index (χ4v) is 3.90. The fourth-order valence-electron chi connectivity index (χ4n) is 3.05. The Kier molecular flexibility index (Phi) is 6.74. The molecule has 0 saturated heterocycles. The maximum absolute atomic E-state index is 13.3. The van der Waals surface area contributed by atoms with E-state index in [1.54, 1.807) is 6.92 Å². The summed E-state index contributed by atoms with van der Waals surface area (Å²) in [5, 5.41) is 24.5. The van der Waals surface area contributed by atoms with Crippen molar-refractivity contribution in [2.24, 2.45) is 12.1 Å². The lowest BCUT2D eigenvalue weighted by atomic mass is 10.1. The highest BCUT2D eigenvalue weighted by Crippen LogP contribution is 2.35. The molecule has 0 bridgehead atoms. The van der Waals surface area contributed by atoms with Gasteiger partial charge in [0.2, 0.25) is 5.72 Å². The molecule has 0 aromatic carbocycles. The summed E-state index contributed by atoms with van der Waals surface area (Å²) >= 11 is 0.649. The van der Waals surface area contributed by atoms with Gasteiger partial charge < -0.3 is 9.67 Å². The van der Waals surface area contributed by atoms with E-state index >= 15 is 0 Å². The van der Waals surface area contributed by atoms with Crippen molar-refractivity contribution in [2.45, 2.75) is 49.8 Å². The number of aryl methyl sites for hydroxylation is 1. The summed E-state index contributed by atoms with van der Waals surface area (Å²) < 4.78 is 93.4. The molecule has 0 radical (unpaired) electrons. The number of amides is 1. The Labute approximate surface area is 185 Å². The van der Waals surface area contributed by atoms with Gasteiger partial charge in [0, 0.05) is 20.0 Å². The van der Waals surface area contributed by atoms with E-state index in [9.17, 15) is 40.6 Å². The number of aromatic nitrogens is 5. The van der Waals surface area contributed by atoms with Crippen molar-refractivity contribution in [3.8, 4) is 11.5 Å². The quantitative estimate of drug-likeness (QED) is 0.461.